The number of ether oxygens (including phenoxy) is 1. The standard InChI is InChI=1S/C11H12N2O2S/c1-13-11-9(10(12)14)7-5-6(15-2)3-4-8(7)16-11/h3-5,13H,1-2H3,(H2,12,14). The first-order valence-electron chi connectivity index (χ1n) is 4.75. The van der Waals surface area contributed by atoms with Gasteiger partial charge in [-0.2, -0.15) is 0 Å². The van der Waals surface area contributed by atoms with Crippen molar-refractivity contribution in [1.82, 2.24) is 0 Å². The summed E-state index contributed by atoms with van der Waals surface area (Å²) < 4.78 is 6.14. The van der Waals surface area contributed by atoms with Gasteiger partial charge < -0.3 is 15.8 Å². The minimum Gasteiger partial charge on any atom is -0.497 e. The number of benzene rings is 1. The molecule has 0 fully saturated rings. The van der Waals surface area contributed by atoms with Crippen LogP contribution in [0.2, 0.25) is 0 Å². The number of nitrogens with two attached hydrogens (primary N) is 1. The van der Waals surface area contributed by atoms with Gasteiger partial charge in [0.1, 0.15) is 10.8 Å². The minimum atomic E-state index is -0.427. The summed E-state index contributed by atoms with van der Waals surface area (Å²) in [4.78, 5) is 11.4. The molecule has 2 rings (SSSR count). The van der Waals surface area contributed by atoms with E-state index in [1.807, 2.05) is 18.2 Å². The van der Waals surface area contributed by atoms with Crippen LogP contribution in [0, 0.1) is 0 Å². The van der Waals surface area contributed by atoms with Crippen LogP contribution in [0.1, 0.15) is 10.4 Å². The zero-order chi connectivity index (χ0) is 11.7. The maximum absolute atomic E-state index is 11.4. The lowest BCUT2D eigenvalue weighted by atomic mass is 10.1. The number of anilines is 1. The molecule has 1 heterocycles. The molecule has 0 atom stereocenters. The Bertz CT molecular complexity index is 548. The van der Waals surface area contributed by atoms with Crippen LogP contribution in [0.25, 0.3) is 10.1 Å². The molecule has 0 saturated carbocycles. The molecule has 16 heavy (non-hydrogen) atoms. The third-order valence-electron chi connectivity index (χ3n) is 2.37. The Hall–Kier alpha value is -1.75. The topological polar surface area (TPSA) is 64.3 Å². The number of carbonyl (C=O) groups excluding carboxylic acids is 1. The summed E-state index contributed by atoms with van der Waals surface area (Å²) in [6.45, 7) is 0. The number of methoxy groups -OCH3 is 1. The van der Waals surface area contributed by atoms with Crippen LogP contribution in [0.4, 0.5) is 5.00 Å². The second kappa shape index (κ2) is 4.02. The van der Waals surface area contributed by atoms with Crippen LogP contribution in [0.3, 0.4) is 0 Å². The molecule has 4 nitrogen and oxygen atoms in total. The summed E-state index contributed by atoms with van der Waals surface area (Å²) in [7, 11) is 3.37. The Balaban J connectivity index is 2.75. The number of thiophene rings is 1. The smallest absolute Gasteiger partial charge is 0.252 e. The van der Waals surface area contributed by atoms with Crippen LogP contribution < -0.4 is 15.8 Å². The minimum absolute atomic E-state index is 0.427. The highest BCUT2D eigenvalue weighted by Gasteiger charge is 2.16. The van der Waals surface area contributed by atoms with Crippen molar-refractivity contribution in [3.8, 4) is 5.75 Å². The number of carbonyl (C=O) groups is 1. The van der Waals surface area contributed by atoms with E-state index >= 15 is 0 Å². The van der Waals surface area contributed by atoms with Crippen molar-refractivity contribution in [2.75, 3.05) is 19.5 Å². The predicted octanol–water partition coefficient (Wildman–Crippen LogP) is 2.05. The number of amides is 1. The zero-order valence-corrected chi connectivity index (χ0v) is 9.85. The predicted molar refractivity (Wildman–Crippen MR) is 66.4 cm³/mol. The van der Waals surface area contributed by atoms with Crippen molar-refractivity contribution < 1.29 is 9.53 Å². The molecule has 1 aromatic heterocycles. The Morgan fingerprint density at radius 2 is 2.25 bits per heavy atom. The molecule has 1 aromatic carbocycles. The molecular formula is C11H12N2O2S. The van der Waals surface area contributed by atoms with Crippen molar-refractivity contribution in [3.05, 3.63) is 23.8 Å². The van der Waals surface area contributed by atoms with Crippen molar-refractivity contribution in [2.45, 2.75) is 0 Å². The van der Waals surface area contributed by atoms with Crippen LogP contribution in [-0.4, -0.2) is 20.1 Å². The molecule has 3 N–H and O–H groups in total. The highest BCUT2D eigenvalue weighted by atomic mass is 32.1. The van der Waals surface area contributed by atoms with E-state index in [9.17, 15) is 4.79 Å². The molecule has 0 saturated heterocycles. The first kappa shape index (κ1) is 10.8. The number of nitrogens with one attached hydrogen (secondary N) is 1. The highest BCUT2D eigenvalue weighted by molar-refractivity contribution is 7.23. The molecule has 0 aliphatic heterocycles. The van der Waals surface area contributed by atoms with E-state index in [0.29, 0.717) is 5.56 Å². The molecule has 0 spiro atoms. The van der Waals surface area contributed by atoms with Gasteiger partial charge in [0.2, 0.25) is 0 Å². The van der Waals surface area contributed by atoms with E-state index in [-0.39, 0.29) is 0 Å². The van der Waals surface area contributed by atoms with E-state index in [4.69, 9.17) is 10.5 Å². The van der Waals surface area contributed by atoms with Crippen molar-refractivity contribution in [2.24, 2.45) is 5.73 Å². The summed E-state index contributed by atoms with van der Waals surface area (Å²) in [5, 5.41) is 4.60. The van der Waals surface area contributed by atoms with Crippen LogP contribution in [-0.2, 0) is 0 Å². The van der Waals surface area contributed by atoms with Gasteiger partial charge in [-0.3, -0.25) is 4.79 Å². The summed E-state index contributed by atoms with van der Waals surface area (Å²) in [6, 6.07) is 5.61. The van der Waals surface area contributed by atoms with E-state index in [2.05, 4.69) is 5.32 Å². The highest BCUT2D eigenvalue weighted by Crippen LogP contribution is 2.36. The second-order valence-electron chi connectivity index (χ2n) is 3.28. The molecule has 0 radical (unpaired) electrons. The van der Waals surface area contributed by atoms with Crippen molar-refractivity contribution in [3.63, 3.8) is 0 Å². The van der Waals surface area contributed by atoms with Gasteiger partial charge in [-0.25, -0.2) is 0 Å². The van der Waals surface area contributed by atoms with Gasteiger partial charge in [0.15, 0.2) is 0 Å². The number of primary amides is 1. The average molecular weight is 236 g/mol. The molecule has 0 aliphatic carbocycles. The zero-order valence-electron chi connectivity index (χ0n) is 9.03. The van der Waals surface area contributed by atoms with E-state index in [1.165, 1.54) is 11.3 Å². The fraction of sp³-hybridized carbons (Fsp3) is 0.182. The SMILES string of the molecule is CNc1sc2ccc(OC)cc2c1C(N)=O. The van der Waals surface area contributed by atoms with Gasteiger partial charge in [0, 0.05) is 17.1 Å². The fourth-order valence-electron chi connectivity index (χ4n) is 1.62. The van der Waals surface area contributed by atoms with Gasteiger partial charge >= 0.3 is 0 Å². The lowest BCUT2D eigenvalue weighted by molar-refractivity contribution is 0.100. The molecule has 0 bridgehead atoms. The lowest BCUT2D eigenvalue weighted by Crippen LogP contribution is -2.12. The average Bonchev–Trinajstić information content (AvgIpc) is 2.65. The number of hydrogen-bond acceptors (Lipinski definition) is 4. The van der Waals surface area contributed by atoms with Gasteiger partial charge in [0.25, 0.3) is 5.91 Å². The number of rotatable bonds is 3. The maximum atomic E-state index is 11.4. The molecule has 1 amide bonds. The number of fused-ring (bicyclic) bond motifs is 1. The first-order chi connectivity index (χ1) is 7.67. The van der Waals surface area contributed by atoms with Gasteiger partial charge in [-0.05, 0) is 18.2 Å². The molecule has 5 heteroatoms. The molecule has 0 aliphatic rings. The third kappa shape index (κ3) is 1.59. The Morgan fingerprint density at radius 3 is 2.81 bits per heavy atom. The van der Waals surface area contributed by atoms with E-state index in [1.54, 1.807) is 14.2 Å². The maximum Gasteiger partial charge on any atom is 0.252 e. The Labute approximate surface area is 97.0 Å². The first-order valence-corrected chi connectivity index (χ1v) is 5.57. The fourth-order valence-corrected chi connectivity index (χ4v) is 2.67. The van der Waals surface area contributed by atoms with Crippen molar-refractivity contribution >= 4 is 32.3 Å². The second-order valence-corrected chi connectivity index (χ2v) is 4.33. The molecule has 2 aromatic rings. The lowest BCUT2D eigenvalue weighted by Gasteiger charge is -2.00. The molecule has 0 unspecified atom stereocenters. The third-order valence-corrected chi connectivity index (χ3v) is 3.56. The summed E-state index contributed by atoms with van der Waals surface area (Å²) in [5.74, 6) is 0.291. The number of hydrogen-bond donors (Lipinski definition) is 2. The van der Waals surface area contributed by atoms with E-state index < -0.39 is 5.91 Å². The Morgan fingerprint density at radius 1 is 1.50 bits per heavy atom. The van der Waals surface area contributed by atoms with Crippen LogP contribution in [0.5, 0.6) is 5.75 Å². The largest absolute Gasteiger partial charge is 0.497 e. The monoisotopic (exact) mass is 236 g/mol. The van der Waals surface area contributed by atoms with Crippen LogP contribution in [0.15, 0.2) is 18.2 Å². The normalized spacial score (nSPS) is 10.4. The molecular weight excluding hydrogens is 224 g/mol. The van der Waals surface area contributed by atoms with E-state index in [0.717, 1.165) is 20.8 Å². The van der Waals surface area contributed by atoms with Gasteiger partial charge in [0.05, 0.1) is 12.7 Å². The van der Waals surface area contributed by atoms with Gasteiger partial charge in [-0.15, -0.1) is 11.3 Å². The molecule has 84 valence electrons. The van der Waals surface area contributed by atoms with Crippen molar-refractivity contribution in [1.29, 1.82) is 0 Å². The summed E-state index contributed by atoms with van der Waals surface area (Å²) >= 11 is 1.50. The van der Waals surface area contributed by atoms with Crippen LogP contribution >= 0.6 is 11.3 Å². The summed E-state index contributed by atoms with van der Waals surface area (Å²) in [5.41, 5.74) is 5.91. The Kier molecular flexibility index (Phi) is 2.70. The summed E-state index contributed by atoms with van der Waals surface area (Å²) in [6.07, 6.45) is 0. The van der Waals surface area contributed by atoms with Gasteiger partial charge in [-0.1, -0.05) is 0 Å². The quantitative estimate of drug-likeness (QED) is 0.857.